The maximum absolute atomic E-state index is 13.1. The van der Waals surface area contributed by atoms with Crippen molar-refractivity contribution in [3.05, 3.63) is 53.6 Å². The monoisotopic (exact) mass is 460 g/mol. The number of hydrogen-bond donors (Lipinski definition) is 1. The third-order valence-corrected chi connectivity index (χ3v) is 7.88. The summed E-state index contributed by atoms with van der Waals surface area (Å²) >= 11 is 0. The fraction of sp³-hybridized carbons (Fsp3) is 0.458. The van der Waals surface area contributed by atoms with Gasteiger partial charge in [0, 0.05) is 13.1 Å². The molecular weight excluding hydrogens is 428 g/mol. The highest BCUT2D eigenvalue weighted by molar-refractivity contribution is 7.89. The maximum atomic E-state index is 13.1. The lowest BCUT2D eigenvalue weighted by molar-refractivity contribution is -0.126. The molecule has 2 aromatic rings. The number of nitrogens with one attached hydrogen (secondary N) is 1. The standard InChI is InChI=1S/C24H32N2O5S/c1-5-22(18-8-13-23(31-4)17(2)15-18)25-24(27)19-7-6-14-26(16-19)32(28,29)21-11-9-20(30-3)10-12-21/h8-13,15,19,22H,5-7,14,16H2,1-4H3,(H,25,27)/t19-,22+/m0/s1. The molecule has 2 aromatic carbocycles. The highest BCUT2D eigenvalue weighted by Gasteiger charge is 2.34. The summed E-state index contributed by atoms with van der Waals surface area (Å²) in [4.78, 5) is 13.3. The van der Waals surface area contributed by atoms with Gasteiger partial charge in [0.2, 0.25) is 15.9 Å². The summed E-state index contributed by atoms with van der Waals surface area (Å²) in [7, 11) is -0.498. The van der Waals surface area contributed by atoms with Gasteiger partial charge < -0.3 is 14.8 Å². The zero-order chi connectivity index (χ0) is 23.3. The zero-order valence-corrected chi connectivity index (χ0v) is 19.9. The number of benzene rings is 2. The second kappa shape index (κ2) is 10.4. The van der Waals surface area contributed by atoms with Gasteiger partial charge in [-0.3, -0.25) is 4.79 Å². The van der Waals surface area contributed by atoms with Gasteiger partial charge in [0.25, 0.3) is 0 Å². The highest BCUT2D eigenvalue weighted by atomic mass is 32.2. The molecule has 0 bridgehead atoms. The number of carbonyl (C=O) groups is 1. The van der Waals surface area contributed by atoms with E-state index in [4.69, 9.17) is 9.47 Å². The summed E-state index contributed by atoms with van der Waals surface area (Å²) in [6.45, 7) is 4.58. The van der Waals surface area contributed by atoms with E-state index in [1.54, 1.807) is 19.2 Å². The summed E-state index contributed by atoms with van der Waals surface area (Å²) in [5, 5.41) is 3.13. The van der Waals surface area contributed by atoms with Crippen LogP contribution in [0.1, 0.15) is 43.4 Å². The Labute approximate surface area is 190 Å². The van der Waals surface area contributed by atoms with E-state index in [1.165, 1.54) is 23.5 Å². The summed E-state index contributed by atoms with van der Waals surface area (Å²) in [5.41, 5.74) is 2.02. The van der Waals surface area contributed by atoms with Gasteiger partial charge in [-0.25, -0.2) is 8.42 Å². The van der Waals surface area contributed by atoms with E-state index in [-0.39, 0.29) is 29.3 Å². The van der Waals surface area contributed by atoms with Crippen LogP contribution in [0.4, 0.5) is 0 Å². The summed E-state index contributed by atoms with van der Waals surface area (Å²) < 4.78 is 38.0. The van der Waals surface area contributed by atoms with E-state index in [2.05, 4.69) is 5.32 Å². The van der Waals surface area contributed by atoms with Crippen LogP contribution < -0.4 is 14.8 Å². The molecule has 3 rings (SSSR count). The molecule has 1 N–H and O–H groups in total. The van der Waals surface area contributed by atoms with Crippen LogP contribution in [0.15, 0.2) is 47.4 Å². The van der Waals surface area contributed by atoms with Gasteiger partial charge in [-0.1, -0.05) is 19.1 Å². The third-order valence-electron chi connectivity index (χ3n) is 6.00. The first-order valence-corrected chi connectivity index (χ1v) is 12.3. The van der Waals surface area contributed by atoms with Crippen molar-refractivity contribution in [1.29, 1.82) is 0 Å². The van der Waals surface area contributed by atoms with Crippen molar-refractivity contribution in [2.75, 3.05) is 27.3 Å². The lowest BCUT2D eigenvalue weighted by Gasteiger charge is -2.32. The molecule has 0 aromatic heterocycles. The lowest BCUT2D eigenvalue weighted by Crippen LogP contribution is -2.46. The number of amides is 1. The van der Waals surface area contributed by atoms with Gasteiger partial charge in [0.15, 0.2) is 0 Å². The van der Waals surface area contributed by atoms with E-state index in [0.717, 1.165) is 23.3 Å². The van der Waals surface area contributed by atoms with Crippen molar-refractivity contribution < 1.29 is 22.7 Å². The Bertz CT molecular complexity index is 1040. The predicted molar refractivity (Wildman–Crippen MR) is 123 cm³/mol. The maximum Gasteiger partial charge on any atom is 0.243 e. The average molecular weight is 461 g/mol. The molecule has 0 aliphatic carbocycles. The van der Waals surface area contributed by atoms with Gasteiger partial charge in [-0.2, -0.15) is 4.31 Å². The molecule has 174 valence electrons. The fourth-order valence-electron chi connectivity index (χ4n) is 4.10. The number of ether oxygens (including phenoxy) is 2. The molecule has 1 amide bonds. The number of aryl methyl sites for hydroxylation is 1. The second-order valence-electron chi connectivity index (χ2n) is 8.08. The number of rotatable bonds is 8. The summed E-state index contributed by atoms with van der Waals surface area (Å²) in [5.74, 6) is 0.908. The normalized spacial score (nSPS) is 18.1. The molecule has 0 saturated carbocycles. The lowest BCUT2D eigenvalue weighted by atomic mass is 9.96. The molecule has 1 aliphatic rings. The van der Waals surface area contributed by atoms with Crippen molar-refractivity contribution in [3.8, 4) is 11.5 Å². The van der Waals surface area contributed by atoms with Crippen LogP contribution in [-0.4, -0.2) is 45.9 Å². The molecule has 0 unspecified atom stereocenters. The van der Waals surface area contributed by atoms with Gasteiger partial charge in [0.05, 0.1) is 31.1 Å². The van der Waals surface area contributed by atoms with E-state index >= 15 is 0 Å². The Kier molecular flexibility index (Phi) is 7.79. The summed E-state index contributed by atoms with van der Waals surface area (Å²) in [6, 6.07) is 12.1. The topological polar surface area (TPSA) is 84.9 Å². The number of hydrogen-bond acceptors (Lipinski definition) is 5. The molecule has 0 radical (unpaired) electrons. The smallest absolute Gasteiger partial charge is 0.243 e. The zero-order valence-electron chi connectivity index (χ0n) is 19.1. The van der Waals surface area contributed by atoms with Gasteiger partial charge in [-0.05, 0) is 67.6 Å². The van der Waals surface area contributed by atoms with Crippen molar-refractivity contribution in [2.45, 2.75) is 44.0 Å². The molecule has 32 heavy (non-hydrogen) atoms. The minimum atomic E-state index is -3.67. The summed E-state index contributed by atoms with van der Waals surface area (Å²) in [6.07, 6.45) is 2.04. The van der Waals surface area contributed by atoms with Crippen molar-refractivity contribution in [2.24, 2.45) is 5.92 Å². The van der Waals surface area contributed by atoms with Crippen molar-refractivity contribution >= 4 is 15.9 Å². The van der Waals surface area contributed by atoms with Crippen LogP contribution in [0.2, 0.25) is 0 Å². The highest BCUT2D eigenvalue weighted by Crippen LogP contribution is 2.28. The SMILES string of the molecule is CC[C@@H](NC(=O)[C@H]1CCCN(S(=O)(=O)c2ccc(OC)cc2)C1)c1ccc(OC)c(C)c1. The third kappa shape index (κ3) is 5.24. The largest absolute Gasteiger partial charge is 0.497 e. The van der Waals surface area contributed by atoms with E-state index in [9.17, 15) is 13.2 Å². The average Bonchev–Trinajstić information content (AvgIpc) is 2.82. The van der Waals surface area contributed by atoms with Crippen LogP contribution in [0.25, 0.3) is 0 Å². The Morgan fingerprint density at radius 2 is 1.88 bits per heavy atom. The van der Waals surface area contributed by atoms with Crippen LogP contribution in [0.3, 0.4) is 0 Å². The van der Waals surface area contributed by atoms with E-state index in [1.807, 2.05) is 32.0 Å². The molecule has 1 heterocycles. The first kappa shape index (κ1) is 24.1. The molecule has 1 fully saturated rings. The number of methoxy groups -OCH3 is 2. The predicted octanol–water partition coefficient (Wildman–Crippen LogP) is 3.68. The first-order valence-electron chi connectivity index (χ1n) is 10.9. The molecule has 2 atom stereocenters. The number of carbonyl (C=O) groups excluding carboxylic acids is 1. The Hall–Kier alpha value is -2.58. The van der Waals surface area contributed by atoms with Gasteiger partial charge in [-0.15, -0.1) is 0 Å². The number of piperidine rings is 1. The Morgan fingerprint density at radius 1 is 1.16 bits per heavy atom. The van der Waals surface area contributed by atoms with Gasteiger partial charge >= 0.3 is 0 Å². The number of nitrogens with zero attached hydrogens (tertiary/aromatic N) is 1. The van der Waals surface area contributed by atoms with Crippen LogP contribution in [0, 0.1) is 12.8 Å². The molecule has 1 saturated heterocycles. The molecule has 1 aliphatic heterocycles. The Balaban J connectivity index is 1.70. The Morgan fingerprint density at radius 3 is 2.47 bits per heavy atom. The minimum absolute atomic E-state index is 0.111. The van der Waals surface area contributed by atoms with Crippen molar-refractivity contribution in [1.82, 2.24) is 9.62 Å². The minimum Gasteiger partial charge on any atom is -0.497 e. The van der Waals surface area contributed by atoms with Gasteiger partial charge in [0.1, 0.15) is 11.5 Å². The second-order valence-corrected chi connectivity index (χ2v) is 10.0. The molecule has 8 heteroatoms. The fourth-order valence-corrected chi connectivity index (χ4v) is 5.62. The molecule has 7 nitrogen and oxygen atoms in total. The van der Waals surface area contributed by atoms with Crippen LogP contribution in [0.5, 0.6) is 11.5 Å². The molecular formula is C24H32N2O5S. The van der Waals surface area contributed by atoms with Crippen LogP contribution >= 0.6 is 0 Å². The van der Waals surface area contributed by atoms with Crippen molar-refractivity contribution in [3.63, 3.8) is 0 Å². The van der Waals surface area contributed by atoms with E-state index in [0.29, 0.717) is 25.1 Å². The number of sulfonamides is 1. The molecule has 0 spiro atoms. The van der Waals surface area contributed by atoms with Crippen LogP contribution in [-0.2, 0) is 14.8 Å². The first-order chi connectivity index (χ1) is 15.3. The van der Waals surface area contributed by atoms with E-state index < -0.39 is 10.0 Å². The quantitative estimate of drug-likeness (QED) is 0.650.